The first-order valence-corrected chi connectivity index (χ1v) is 10.1. The maximum atomic E-state index is 12.5. The van der Waals surface area contributed by atoms with E-state index in [1.807, 2.05) is 0 Å². The molecule has 0 fully saturated rings. The average molecular weight is 427 g/mol. The molecule has 0 aliphatic heterocycles. The van der Waals surface area contributed by atoms with Gasteiger partial charge in [-0.25, -0.2) is 8.42 Å². The summed E-state index contributed by atoms with van der Waals surface area (Å²) in [7, 11) is -2.13. The van der Waals surface area contributed by atoms with Crippen molar-refractivity contribution in [3.63, 3.8) is 0 Å². The zero-order chi connectivity index (χ0) is 18.6. The van der Waals surface area contributed by atoms with E-state index in [4.69, 9.17) is 4.74 Å². The highest BCUT2D eigenvalue weighted by Gasteiger charge is 2.29. The highest BCUT2D eigenvalue weighted by Crippen LogP contribution is 2.24. The van der Waals surface area contributed by atoms with Crippen LogP contribution in [0, 0.1) is 0 Å². The summed E-state index contributed by atoms with van der Waals surface area (Å²) < 4.78 is 31.5. The number of carbonyl (C=O) groups is 1. The SMILES string of the molecule is COc1ccc(N(C(C)C(=O)Nc2ccc(Br)cc2)S(C)(=O)=O)cc1. The summed E-state index contributed by atoms with van der Waals surface area (Å²) >= 11 is 3.32. The molecule has 25 heavy (non-hydrogen) atoms. The van der Waals surface area contributed by atoms with Gasteiger partial charge in [-0.1, -0.05) is 15.9 Å². The molecule has 0 saturated carbocycles. The summed E-state index contributed by atoms with van der Waals surface area (Å²) in [6, 6.07) is 12.6. The standard InChI is InChI=1S/C17H19BrN2O4S/c1-12(17(21)19-14-6-4-13(18)5-7-14)20(25(3,22)23)15-8-10-16(24-2)11-9-15/h4-12H,1-3H3,(H,19,21). The monoisotopic (exact) mass is 426 g/mol. The number of nitrogens with one attached hydrogen (secondary N) is 1. The molecule has 2 rings (SSSR count). The van der Waals surface area contributed by atoms with Crippen LogP contribution in [0.25, 0.3) is 0 Å². The largest absolute Gasteiger partial charge is 0.497 e. The Morgan fingerprint density at radius 3 is 2.16 bits per heavy atom. The zero-order valence-electron chi connectivity index (χ0n) is 14.1. The maximum absolute atomic E-state index is 12.5. The van der Waals surface area contributed by atoms with Crippen LogP contribution in [0.3, 0.4) is 0 Å². The number of benzene rings is 2. The second kappa shape index (κ2) is 7.88. The lowest BCUT2D eigenvalue weighted by atomic mass is 10.2. The first-order chi connectivity index (χ1) is 11.7. The Kier molecular flexibility index (Phi) is 6.07. The van der Waals surface area contributed by atoms with Gasteiger partial charge in [0.25, 0.3) is 0 Å². The Bertz CT molecular complexity index is 836. The Morgan fingerprint density at radius 2 is 1.68 bits per heavy atom. The fraction of sp³-hybridized carbons (Fsp3) is 0.235. The molecular formula is C17H19BrN2O4S. The van der Waals surface area contributed by atoms with E-state index in [9.17, 15) is 13.2 Å². The van der Waals surface area contributed by atoms with E-state index in [2.05, 4.69) is 21.2 Å². The first kappa shape index (κ1) is 19.3. The molecule has 2 aromatic carbocycles. The summed E-state index contributed by atoms with van der Waals surface area (Å²) in [4.78, 5) is 12.5. The highest BCUT2D eigenvalue weighted by atomic mass is 79.9. The molecule has 8 heteroatoms. The fourth-order valence-corrected chi connectivity index (χ4v) is 3.76. The van der Waals surface area contributed by atoms with Crippen LogP contribution in [-0.2, 0) is 14.8 Å². The van der Waals surface area contributed by atoms with Crippen LogP contribution in [0.5, 0.6) is 5.75 Å². The molecule has 1 amide bonds. The predicted octanol–water partition coefficient (Wildman–Crippen LogP) is 3.25. The number of anilines is 2. The van der Waals surface area contributed by atoms with E-state index in [0.717, 1.165) is 15.0 Å². The molecular weight excluding hydrogens is 408 g/mol. The van der Waals surface area contributed by atoms with E-state index >= 15 is 0 Å². The number of carbonyl (C=O) groups excluding carboxylic acids is 1. The number of rotatable bonds is 6. The van der Waals surface area contributed by atoms with Gasteiger partial charge in [0.2, 0.25) is 15.9 Å². The van der Waals surface area contributed by atoms with Gasteiger partial charge in [0.1, 0.15) is 11.8 Å². The normalized spacial score (nSPS) is 12.3. The lowest BCUT2D eigenvalue weighted by Crippen LogP contribution is -2.45. The predicted molar refractivity (Wildman–Crippen MR) is 103 cm³/mol. The molecule has 0 saturated heterocycles. The number of sulfonamides is 1. The summed E-state index contributed by atoms with van der Waals surface area (Å²) in [6.07, 6.45) is 1.07. The Hall–Kier alpha value is -2.06. The zero-order valence-corrected chi connectivity index (χ0v) is 16.5. The topological polar surface area (TPSA) is 75.7 Å². The lowest BCUT2D eigenvalue weighted by molar-refractivity contribution is -0.116. The molecule has 0 radical (unpaired) electrons. The van der Waals surface area contributed by atoms with Crippen molar-refractivity contribution in [3.8, 4) is 5.75 Å². The second-order valence-electron chi connectivity index (χ2n) is 5.43. The number of halogens is 1. The molecule has 134 valence electrons. The molecule has 0 spiro atoms. The third-order valence-corrected chi connectivity index (χ3v) is 5.30. The van der Waals surface area contributed by atoms with E-state index in [1.165, 1.54) is 7.11 Å². The maximum Gasteiger partial charge on any atom is 0.247 e. The molecule has 0 aliphatic carbocycles. The molecule has 1 atom stereocenters. The van der Waals surface area contributed by atoms with Gasteiger partial charge in [-0.3, -0.25) is 9.10 Å². The van der Waals surface area contributed by atoms with Crippen molar-refractivity contribution in [3.05, 3.63) is 53.0 Å². The second-order valence-corrected chi connectivity index (χ2v) is 8.20. The van der Waals surface area contributed by atoms with E-state index < -0.39 is 22.0 Å². The molecule has 0 heterocycles. The van der Waals surface area contributed by atoms with Crippen LogP contribution in [0.2, 0.25) is 0 Å². The van der Waals surface area contributed by atoms with Gasteiger partial charge >= 0.3 is 0 Å². The van der Waals surface area contributed by atoms with Gasteiger partial charge in [-0.15, -0.1) is 0 Å². The van der Waals surface area contributed by atoms with Crippen molar-refractivity contribution in [2.45, 2.75) is 13.0 Å². The van der Waals surface area contributed by atoms with Crippen molar-refractivity contribution in [2.75, 3.05) is 23.0 Å². The minimum absolute atomic E-state index is 0.391. The molecule has 1 unspecified atom stereocenters. The third kappa shape index (κ3) is 4.96. The van der Waals surface area contributed by atoms with Crippen LogP contribution in [0.4, 0.5) is 11.4 Å². The van der Waals surface area contributed by atoms with Crippen LogP contribution in [0.15, 0.2) is 53.0 Å². The summed E-state index contributed by atoms with van der Waals surface area (Å²) in [5.41, 5.74) is 0.977. The van der Waals surface area contributed by atoms with Gasteiger partial charge in [0.05, 0.1) is 19.1 Å². The molecule has 1 N–H and O–H groups in total. The molecule has 2 aromatic rings. The number of nitrogens with zero attached hydrogens (tertiary/aromatic N) is 1. The van der Waals surface area contributed by atoms with Gasteiger partial charge in [-0.2, -0.15) is 0 Å². The van der Waals surface area contributed by atoms with Gasteiger partial charge in [0, 0.05) is 10.2 Å². The van der Waals surface area contributed by atoms with Crippen molar-refractivity contribution in [2.24, 2.45) is 0 Å². The van der Waals surface area contributed by atoms with Crippen LogP contribution >= 0.6 is 15.9 Å². The summed E-state index contributed by atoms with van der Waals surface area (Å²) in [5.74, 6) is 0.174. The minimum Gasteiger partial charge on any atom is -0.497 e. The van der Waals surface area contributed by atoms with E-state index in [1.54, 1.807) is 55.5 Å². The molecule has 6 nitrogen and oxygen atoms in total. The van der Waals surface area contributed by atoms with Gasteiger partial charge in [-0.05, 0) is 55.5 Å². The summed E-state index contributed by atoms with van der Waals surface area (Å²) in [5, 5.41) is 2.72. The number of hydrogen-bond acceptors (Lipinski definition) is 4. The number of hydrogen-bond donors (Lipinski definition) is 1. The van der Waals surface area contributed by atoms with Gasteiger partial charge < -0.3 is 10.1 Å². The quantitative estimate of drug-likeness (QED) is 0.768. The number of amides is 1. The van der Waals surface area contributed by atoms with Crippen molar-refractivity contribution in [1.29, 1.82) is 0 Å². The van der Waals surface area contributed by atoms with Crippen molar-refractivity contribution in [1.82, 2.24) is 0 Å². The third-order valence-electron chi connectivity index (χ3n) is 3.53. The smallest absolute Gasteiger partial charge is 0.247 e. The Morgan fingerprint density at radius 1 is 1.12 bits per heavy atom. The number of methoxy groups -OCH3 is 1. The average Bonchev–Trinajstić information content (AvgIpc) is 2.56. The van der Waals surface area contributed by atoms with E-state index in [0.29, 0.717) is 17.1 Å². The first-order valence-electron chi connectivity index (χ1n) is 7.42. The van der Waals surface area contributed by atoms with Crippen molar-refractivity contribution >= 4 is 43.2 Å². The highest BCUT2D eigenvalue weighted by molar-refractivity contribution is 9.10. The van der Waals surface area contributed by atoms with Crippen molar-refractivity contribution < 1.29 is 17.9 Å². The molecule has 0 bridgehead atoms. The fourth-order valence-electron chi connectivity index (χ4n) is 2.32. The molecule has 0 aliphatic rings. The summed E-state index contributed by atoms with van der Waals surface area (Å²) in [6.45, 7) is 1.54. The number of ether oxygens (including phenoxy) is 1. The Labute approximate surface area is 156 Å². The van der Waals surface area contributed by atoms with Crippen LogP contribution < -0.4 is 14.4 Å². The minimum atomic E-state index is -3.66. The lowest BCUT2D eigenvalue weighted by Gasteiger charge is -2.28. The van der Waals surface area contributed by atoms with E-state index in [-0.39, 0.29) is 0 Å². The van der Waals surface area contributed by atoms with Gasteiger partial charge in [0.15, 0.2) is 0 Å². The van der Waals surface area contributed by atoms with Crippen LogP contribution in [0.1, 0.15) is 6.92 Å². The molecule has 0 aromatic heterocycles. The Balaban J connectivity index is 2.27. The van der Waals surface area contributed by atoms with Crippen LogP contribution in [-0.4, -0.2) is 33.7 Å².